The van der Waals surface area contributed by atoms with E-state index in [1.54, 1.807) is 6.92 Å². The SMILES string of the molecule is Cc1c(Br)cc(S(=O)(=O)Cl)cc1C(=O)NCCC1CC1. The molecule has 20 heavy (non-hydrogen) atoms. The molecule has 0 saturated heterocycles. The Balaban J connectivity index is 2.20. The molecule has 4 nitrogen and oxygen atoms in total. The minimum Gasteiger partial charge on any atom is -0.352 e. The van der Waals surface area contributed by atoms with Crippen LogP contribution in [0.2, 0.25) is 0 Å². The van der Waals surface area contributed by atoms with Gasteiger partial charge in [-0.3, -0.25) is 4.79 Å². The van der Waals surface area contributed by atoms with Gasteiger partial charge < -0.3 is 5.32 Å². The molecule has 110 valence electrons. The van der Waals surface area contributed by atoms with E-state index in [9.17, 15) is 13.2 Å². The number of halogens is 2. The lowest BCUT2D eigenvalue weighted by molar-refractivity contribution is 0.0952. The summed E-state index contributed by atoms with van der Waals surface area (Å²) in [5.41, 5.74) is 1.02. The van der Waals surface area contributed by atoms with Gasteiger partial charge in [0.2, 0.25) is 0 Å². The summed E-state index contributed by atoms with van der Waals surface area (Å²) < 4.78 is 23.3. The van der Waals surface area contributed by atoms with Gasteiger partial charge in [0, 0.05) is 27.3 Å². The molecule has 7 heteroatoms. The van der Waals surface area contributed by atoms with Crippen LogP contribution in [0.15, 0.2) is 21.5 Å². The molecule has 0 atom stereocenters. The van der Waals surface area contributed by atoms with Gasteiger partial charge in [0.25, 0.3) is 15.0 Å². The Hall–Kier alpha value is -0.590. The fourth-order valence-corrected chi connectivity index (χ4v) is 3.32. The van der Waals surface area contributed by atoms with E-state index in [1.807, 2.05) is 0 Å². The van der Waals surface area contributed by atoms with Crippen LogP contribution in [0.25, 0.3) is 0 Å². The highest BCUT2D eigenvalue weighted by molar-refractivity contribution is 9.10. The minimum absolute atomic E-state index is 0.0796. The molecule has 1 aromatic carbocycles. The first-order valence-corrected chi connectivity index (χ1v) is 9.42. The standard InChI is InChI=1S/C13H15BrClNO3S/c1-8-11(13(17)16-5-4-9-2-3-9)6-10(7-12(8)14)20(15,18)19/h6-7,9H,2-5H2,1H3,(H,16,17). The number of carbonyl (C=O) groups excluding carboxylic acids is 1. The van der Waals surface area contributed by atoms with Crippen molar-refractivity contribution in [1.29, 1.82) is 0 Å². The Kier molecular flexibility index (Phi) is 4.76. The smallest absolute Gasteiger partial charge is 0.261 e. The third kappa shape index (κ3) is 3.96. The van der Waals surface area contributed by atoms with Gasteiger partial charge in [0.1, 0.15) is 0 Å². The van der Waals surface area contributed by atoms with E-state index in [4.69, 9.17) is 10.7 Å². The highest BCUT2D eigenvalue weighted by Crippen LogP contribution is 2.32. The molecule has 0 heterocycles. The van der Waals surface area contributed by atoms with Crippen LogP contribution in [-0.2, 0) is 9.05 Å². The van der Waals surface area contributed by atoms with Crippen LogP contribution in [0, 0.1) is 12.8 Å². The summed E-state index contributed by atoms with van der Waals surface area (Å²) in [6.45, 7) is 2.36. The lowest BCUT2D eigenvalue weighted by Crippen LogP contribution is -2.25. The fraction of sp³-hybridized carbons (Fsp3) is 0.462. The Bertz CT molecular complexity index is 641. The van der Waals surface area contributed by atoms with Gasteiger partial charge in [-0.25, -0.2) is 8.42 Å². The van der Waals surface area contributed by atoms with Crippen LogP contribution in [0.3, 0.4) is 0 Å². The number of carbonyl (C=O) groups is 1. The number of rotatable bonds is 5. The first-order valence-electron chi connectivity index (χ1n) is 6.32. The van der Waals surface area contributed by atoms with E-state index in [0.29, 0.717) is 22.1 Å². The number of nitrogens with one attached hydrogen (secondary N) is 1. The molecule has 0 unspecified atom stereocenters. The average Bonchev–Trinajstić information content (AvgIpc) is 3.15. The van der Waals surface area contributed by atoms with Crippen LogP contribution < -0.4 is 5.32 Å². The zero-order valence-corrected chi connectivity index (χ0v) is 14.1. The molecule has 2 rings (SSSR count). The van der Waals surface area contributed by atoms with Gasteiger partial charge in [0.05, 0.1) is 4.90 Å². The Morgan fingerprint density at radius 1 is 1.45 bits per heavy atom. The maximum absolute atomic E-state index is 12.1. The van der Waals surface area contributed by atoms with Gasteiger partial charge in [-0.15, -0.1) is 0 Å². The highest BCUT2D eigenvalue weighted by Gasteiger charge is 2.22. The van der Waals surface area contributed by atoms with Crippen molar-refractivity contribution >= 4 is 41.6 Å². The summed E-state index contributed by atoms with van der Waals surface area (Å²) in [7, 11) is 1.47. The monoisotopic (exact) mass is 379 g/mol. The van der Waals surface area contributed by atoms with Gasteiger partial charge >= 0.3 is 0 Å². The first-order chi connectivity index (χ1) is 9.29. The van der Waals surface area contributed by atoms with Crippen molar-refractivity contribution in [3.63, 3.8) is 0 Å². The second-order valence-electron chi connectivity index (χ2n) is 5.00. The van der Waals surface area contributed by atoms with E-state index >= 15 is 0 Å². The Morgan fingerprint density at radius 2 is 2.10 bits per heavy atom. The lowest BCUT2D eigenvalue weighted by atomic mass is 10.1. The van der Waals surface area contributed by atoms with E-state index in [1.165, 1.54) is 25.0 Å². The molecule has 1 aliphatic rings. The highest BCUT2D eigenvalue weighted by atomic mass is 79.9. The Morgan fingerprint density at radius 3 is 2.65 bits per heavy atom. The number of hydrogen-bond acceptors (Lipinski definition) is 3. The normalized spacial score (nSPS) is 15.2. The van der Waals surface area contributed by atoms with Gasteiger partial charge in [-0.05, 0) is 37.0 Å². The quantitative estimate of drug-likeness (QED) is 0.798. The van der Waals surface area contributed by atoms with E-state index in [0.717, 1.165) is 12.3 Å². The van der Waals surface area contributed by atoms with Gasteiger partial charge in [-0.2, -0.15) is 0 Å². The largest absolute Gasteiger partial charge is 0.352 e. The third-order valence-corrected chi connectivity index (χ3v) is 5.54. The van der Waals surface area contributed by atoms with Crippen molar-refractivity contribution in [2.45, 2.75) is 31.1 Å². The topological polar surface area (TPSA) is 63.2 Å². The first kappa shape index (κ1) is 15.8. The second kappa shape index (κ2) is 6.03. The molecule has 1 aliphatic carbocycles. The molecule has 0 aromatic heterocycles. The van der Waals surface area contributed by atoms with Crippen molar-refractivity contribution in [3.8, 4) is 0 Å². The van der Waals surface area contributed by atoms with Crippen LogP contribution in [0.4, 0.5) is 0 Å². The van der Waals surface area contributed by atoms with Crippen molar-refractivity contribution in [2.75, 3.05) is 6.54 Å². The van der Waals surface area contributed by atoms with Crippen molar-refractivity contribution in [3.05, 3.63) is 27.7 Å². The van der Waals surface area contributed by atoms with Crippen molar-refractivity contribution in [1.82, 2.24) is 5.32 Å². The molecule has 1 amide bonds. The van der Waals surface area contributed by atoms with Crippen molar-refractivity contribution in [2.24, 2.45) is 5.92 Å². The Labute approximate surface area is 131 Å². The summed E-state index contributed by atoms with van der Waals surface area (Å²) in [6, 6.07) is 2.72. The van der Waals surface area contributed by atoms with Crippen LogP contribution >= 0.6 is 26.6 Å². The maximum Gasteiger partial charge on any atom is 0.261 e. The summed E-state index contributed by atoms with van der Waals surface area (Å²) in [5.74, 6) is 0.462. The van der Waals surface area contributed by atoms with Crippen molar-refractivity contribution < 1.29 is 13.2 Å². The number of benzene rings is 1. The molecule has 0 aliphatic heterocycles. The van der Waals surface area contributed by atoms with Crippen LogP contribution in [0.5, 0.6) is 0 Å². The number of hydrogen-bond donors (Lipinski definition) is 1. The lowest BCUT2D eigenvalue weighted by Gasteiger charge is -2.10. The second-order valence-corrected chi connectivity index (χ2v) is 8.42. The molecule has 0 bridgehead atoms. The number of amides is 1. The molecule has 0 radical (unpaired) electrons. The molecule has 0 spiro atoms. The molecule has 1 fully saturated rings. The average molecular weight is 381 g/mol. The summed E-state index contributed by atoms with van der Waals surface area (Å²) in [5, 5.41) is 2.82. The summed E-state index contributed by atoms with van der Waals surface area (Å²) in [6.07, 6.45) is 3.44. The van der Waals surface area contributed by atoms with Gasteiger partial charge in [-0.1, -0.05) is 28.8 Å². The molecular formula is C13H15BrClNO3S. The maximum atomic E-state index is 12.1. The predicted molar refractivity (Wildman–Crippen MR) is 81.6 cm³/mol. The summed E-state index contributed by atoms with van der Waals surface area (Å²) in [4.78, 5) is 12.0. The molecule has 1 aromatic rings. The molecule has 1 N–H and O–H groups in total. The summed E-state index contributed by atoms with van der Waals surface area (Å²) >= 11 is 3.26. The zero-order chi connectivity index (χ0) is 14.9. The van der Waals surface area contributed by atoms with Gasteiger partial charge in [0.15, 0.2) is 0 Å². The van der Waals surface area contributed by atoms with Crippen LogP contribution in [-0.4, -0.2) is 20.9 Å². The zero-order valence-electron chi connectivity index (χ0n) is 10.9. The van der Waals surface area contributed by atoms with Crippen LogP contribution in [0.1, 0.15) is 35.2 Å². The van der Waals surface area contributed by atoms with E-state index in [-0.39, 0.29) is 10.8 Å². The third-order valence-electron chi connectivity index (χ3n) is 3.38. The van der Waals surface area contributed by atoms with E-state index < -0.39 is 9.05 Å². The minimum atomic E-state index is -3.86. The fourth-order valence-electron chi connectivity index (χ4n) is 1.92. The predicted octanol–water partition coefficient (Wildman–Crippen LogP) is 3.21. The molecule has 1 saturated carbocycles. The molecular weight excluding hydrogens is 366 g/mol. The van der Waals surface area contributed by atoms with E-state index in [2.05, 4.69) is 21.2 Å².